The van der Waals surface area contributed by atoms with Crippen molar-refractivity contribution in [3.63, 3.8) is 0 Å². The first-order valence-corrected chi connectivity index (χ1v) is 7.57. The van der Waals surface area contributed by atoms with Crippen LogP contribution in [0.15, 0.2) is 48.5 Å². The van der Waals surface area contributed by atoms with Gasteiger partial charge in [0.15, 0.2) is 0 Å². The summed E-state index contributed by atoms with van der Waals surface area (Å²) < 4.78 is 0. The standard InChI is InChI=1S/C18H19N3O/c1-2-17-20-15-9-8-14(12-16(15)21-17)18(22)19-11-10-13-6-4-3-5-7-13/h3-9,12H,2,10-11H2,1H3,(H,19,22)(H,20,21). The lowest BCUT2D eigenvalue weighted by Crippen LogP contribution is -2.25. The molecule has 3 aromatic rings. The molecule has 0 saturated heterocycles. The molecule has 4 heteroatoms. The van der Waals surface area contributed by atoms with E-state index >= 15 is 0 Å². The molecule has 0 atom stereocenters. The van der Waals surface area contributed by atoms with Crippen molar-refractivity contribution in [2.24, 2.45) is 0 Å². The van der Waals surface area contributed by atoms with E-state index in [0.29, 0.717) is 12.1 Å². The molecule has 2 N–H and O–H groups in total. The Bertz CT molecular complexity index is 777. The van der Waals surface area contributed by atoms with Crippen molar-refractivity contribution in [1.29, 1.82) is 0 Å². The Labute approximate surface area is 129 Å². The summed E-state index contributed by atoms with van der Waals surface area (Å²) in [4.78, 5) is 19.9. The molecule has 0 unspecified atom stereocenters. The number of H-pyrrole nitrogens is 1. The Balaban J connectivity index is 1.64. The van der Waals surface area contributed by atoms with Gasteiger partial charge in [-0.25, -0.2) is 4.98 Å². The van der Waals surface area contributed by atoms with Crippen molar-refractivity contribution in [3.8, 4) is 0 Å². The highest BCUT2D eigenvalue weighted by Crippen LogP contribution is 2.14. The number of imidazole rings is 1. The molecule has 1 amide bonds. The second kappa shape index (κ2) is 6.43. The van der Waals surface area contributed by atoms with Crippen LogP contribution in [0.5, 0.6) is 0 Å². The number of carbonyl (C=O) groups excluding carboxylic acids is 1. The Kier molecular flexibility index (Phi) is 4.19. The first-order chi connectivity index (χ1) is 10.8. The fraction of sp³-hybridized carbons (Fsp3) is 0.222. The van der Waals surface area contributed by atoms with Crippen molar-refractivity contribution < 1.29 is 4.79 Å². The summed E-state index contributed by atoms with van der Waals surface area (Å²) in [6.45, 7) is 2.68. The van der Waals surface area contributed by atoms with Crippen molar-refractivity contribution in [3.05, 3.63) is 65.5 Å². The molecular weight excluding hydrogens is 274 g/mol. The van der Waals surface area contributed by atoms with Crippen LogP contribution in [0.2, 0.25) is 0 Å². The molecule has 112 valence electrons. The fourth-order valence-electron chi connectivity index (χ4n) is 2.44. The van der Waals surface area contributed by atoms with Gasteiger partial charge in [-0.15, -0.1) is 0 Å². The average Bonchev–Trinajstić information content (AvgIpc) is 2.98. The molecule has 0 saturated carbocycles. The maximum absolute atomic E-state index is 12.2. The van der Waals surface area contributed by atoms with E-state index < -0.39 is 0 Å². The van der Waals surface area contributed by atoms with Crippen LogP contribution in [-0.4, -0.2) is 22.4 Å². The predicted molar refractivity (Wildman–Crippen MR) is 88.0 cm³/mol. The molecule has 0 spiro atoms. The number of amides is 1. The molecule has 0 radical (unpaired) electrons. The third-order valence-electron chi connectivity index (χ3n) is 3.67. The van der Waals surface area contributed by atoms with E-state index in [9.17, 15) is 4.79 Å². The van der Waals surface area contributed by atoms with Crippen molar-refractivity contribution in [2.45, 2.75) is 19.8 Å². The Morgan fingerprint density at radius 2 is 2.00 bits per heavy atom. The molecule has 1 heterocycles. The molecule has 2 aromatic carbocycles. The summed E-state index contributed by atoms with van der Waals surface area (Å²) in [6.07, 6.45) is 1.69. The number of aryl methyl sites for hydroxylation is 1. The third-order valence-corrected chi connectivity index (χ3v) is 3.67. The smallest absolute Gasteiger partial charge is 0.251 e. The summed E-state index contributed by atoms with van der Waals surface area (Å²) in [5.74, 6) is 0.891. The van der Waals surface area contributed by atoms with E-state index in [1.807, 2.05) is 36.4 Å². The predicted octanol–water partition coefficient (Wildman–Crippen LogP) is 3.10. The SMILES string of the molecule is CCc1nc2ccc(C(=O)NCCc3ccccc3)cc2[nH]1. The number of nitrogens with zero attached hydrogens (tertiary/aromatic N) is 1. The van der Waals surface area contributed by atoms with E-state index in [4.69, 9.17) is 0 Å². The number of carbonyl (C=O) groups is 1. The fourth-order valence-corrected chi connectivity index (χ4v) is 2.44. The van der Waals surface area contributed by atoms with Crippen LogP contribution in [0.4, 0.5) is 0 Å². The third kappa shape index (κ3) is 3.17. The zero-order chi connectivity index (χ0) is 15.4. The van der Waals surface area contributed by atoms with Gasteiger partial charge in [0.05, 0.1) is 11.0 Å². The number of aromatic nitrogens is 2. The topological polar surface area (TPSA) is 57.8 Å². The summed E-state index contributed by atoms with van der Waals surface area (Å²) in [7, 11) is 0. The summed E-state index contributed by atoms with van der Waals surface area (Å²) >= 11 is 0. The van der Waals surface area contributed by atoms with Crippen molar-refractivity contribution >= 4 is 16.9 Å². The number of rotatable bonds is 5. The van der Waals surface area contributed by atoms with Crippen LogP contribution in [0.1, 0.15) is 28.7 Å². The normalized spacial score (nSPS) is 10.8. The highest BCUT2D eigenvalue weighted by Gasteiger charge is 2.08. The molecule has 22 heavy (non-hydrogen) atoms. The summed E-state index contributed by atoms with van der Waals surface area (Å²) in [6, 6.07) is 15.7. The second-order valence-corrected chi connectivity index (χ2v) is 5.26. The highest BCUT2D eigenvalue weighted by atomic mass is 16.1. The zero-order valence-corrected chi connectivity index (χ0v) is 12.6. The maximum atomic E-state index is 12.2. The quantitative estimate of drug-likeness (QED) is 0.759. The molecule has 0 aliphatic rings. The van der Waals surface area contributed by atoms with Crippen molar-refractivity contribution in [1.82, 2.24) is 15.3 Å². The van der Waals surface area contributed by atoms with Crippen LogP contribution in [0.25, 0.3) is 11.0 Å². The van der Waals surface area contributed by atoms with Gasteiger partial charge in [-0.05, 0) is 30.2 Å². The molecule has 0 fully saturated rings. The number of fused-ring (bicyclic) bond motifs is 1. The number of nitrogens with one attached hydrogen (secondary N) is 2. The number of benzene rings is 2. The molecule has 0 aliphatic carbocycles. The molecule has 1 aromatic heterocycles. The van der Waals surface area contributed by atoms with Gasteiger partial charge in [0.25, 0.3) is 5.91 Å². The van der Waals surface area contributed by atoms with Gasteiger partial charge >= 0.3 is 0 Å². The van der Waals surface area contributed by atoms with Crippen LogP contribution in [-0.2, 0) is 12.8 Å². The first-order valence-electron chi connectivity index (χ1n) is 7.57. The maximum Gasteiger partial charge on any atom is 0.251 e. The van der Waals surface area contributed by atoms with E-state index in [1.165, 1.54) is 5.56 Å². The van der Waals surface area contributed by atoms with E-state index in [-0.39, 0.29) is 5.91 Å². The van der Waals surface area contributed by atoms with Gasteiger partial charge < -0.3 is 10.3 Å². The van der Waals surface area contributed by atoms with Gasteiger partial charge in [-0.3, -0.25) is 4.79 Å². The molecule has 0 bridgehead atoms. The minimum atomic E-state index is -0.0505. The van der Waals surface area contributed by atoms with Crippen LogP contribution in [0.3, 0.4) is 0 Å². The Hall–Kier alpha value is -2.62. The summed E-state index contributed by atoms with van der Waals surface area (Å²) in [5.41, 5.74) is 3.69. The van der Waals surface area contributed by atoms with E-state index in [0.717, 1.165) is 29.7 Å². The average molecular weight is 293 g/mol. The molecule has 3 rings (SSSR count). The van der Waals surface area contributed by atoms with Gasteiger partial charge in [-0.2, -0.15) is 0 Å². The van der Waals surface area contributed by atoms with Crippen LogP contribution in [0, 0.1) is 0 Å². The highest BCUT2D eigenvalue weighted by molar-refractivity contribution is 5.97. The van der Waals surface area contributed by atoms with Crippen molar-refractivity contribution in [2.75, 3.05) is 6.54 Å². The van der Waals surface area contributed by atoms with E-state index in [1.54, 1.807) is 0 Å². The van der Waals surface area contributed by atoms with E-state index in [2.05, 4.69) is 34.3 Å². The number of hydrogen-bond acceptors (Lipinski definition) is 2. The lowest BCUT2D eigenvalue weighted by molar-refractivity contribution is 0.0954. The molecular formula is C18H19N3O. The number of hydrogen-bond donors (Lipinski definition) is 2. The van der Waals surface area contributed by atoms with Gasteiger partial charge in [0, 0.05) is 18.5 Å². The Morgan fingerprint density at radius 1 is 1.18 bits per heavy atom. The Morgan fingerprint density at radius 3 is 2.77 bits per heavy atom. The molecule has 4 nitrogen and oxygen atoms in total. The number of aromatic amines is 1. The van der Waals surface area contributed by atoms with Gasteiger partial charge in [0.2, 0.25) is 0 Å². The molecule has 0 aliphatic heterocycles. The second-order valence-electron chi connectivity index (χ2n) is 5.26. The zero-order valence-electron chi connectivity index (χ0n) is 12.6. The monoisotopic (exact) mass is 293 g/mol. The lowest BCUT2D eigenvalue weighted by atomic mass is 10.1. The van der Waals surface area contributed by atoms with Crippen LogP contribution < -0.4 is 5.32 Å². The largest absolute Gasteiger partial charge is 0.352 e. The lowest BCUT2D eigenvalue weighted by Gasteiger charge is -2.05. The minimum absolute atomic E-state index is 0.0505. The van der Waals surface area contributed by atoms with Gasteiger partial charge in [-0.1, -0.05) is 37.3 Å². The van der Waals surface area contributed by atoms with Gasteiger partial charge in [0.1, 0.15) is 5.82 Å². The first kappa shape index (κ1) is 14.3. The van der Waals surface area contributed by atoms with Crippen LogP contribution >= 0.6 is 0 Å². The summed E-state index contributed by atoms with van der Waals surface area (Å²) in [5, 5.41) is 2.96. The minimum Gasteiger partial charge on any atom is -0.352 e.